The Kier molecular flexibility index (Phi) is 11.0. The Morgan fingerprint density at radius 1 is 0.964 bits per heavy atom. The van der Waals surface area contributed by atoms with E-state index in [1.54, 1.807) is 62.4 Å². The highest BCUT2D eigenvalue weighted by Gasteiger charge is 2.51. The van der Waals surface area contributed by atoms with E-state index >= 15 is 0 Å². The number of para-hydroxylation sites is 1. The monoisotopic (exact) mass is 755 g/mol. The SMILES string of the molecule is C=CCN1CC(=O)N2[C@@H](Cc3ccc(O)cc3)C(=O)N(Cc3cccc4c(-c5ccc(NC(=O)NCC)nc5)cn(C)c34)C[C@@H]2N1C(=O)NCc1ccccc1. The van der Waals surface area contributed by atoms with Crippen LogP contribution < -0.4 is 16.0 Å². The number of aryl methyl sites for hydroxylation is 1. The molecule has 288 valence electrons. The molecule has 2 saturated heterocycles. The number of pyridine rings is 1. The van der Waals surface area contributed by atoms with Crippen LogP contribution in [0, 0.1) is 0 Å². The van der Waals surface area contributed by atoms with Crippen LogP contribution in [0.1, 0.15) is 23.6 Å². The predicted octanol–water partition coefficient (Wildman–Crippen LogP) is 4.82. The molecule has 3 aromatic carbocycles. The summed E-state index contributed by atoms with van der Waals surface area (Å²) in [7, 11) is 1.95. The third-order valence-electron chi connectivity index (χ3n) is 10.1. The van der Waals surface area contributed by atoms with E-state index in [4.69, 9.17) is 0 Å². The number of hydrogen-bond acceptors (Lipinski definition) is 7. The Morgan fingerprint density at radius 3 is 2.46 bits per heavy atom. The number of carbonyl (C=O) groups is 4. The number of phenolic OH excluding ortho intramolecular Hbond substituents is 1. The van der Waals surface area contributed by atoms with E-state index in [0.29, 0.717) is 12.4 Å². The van der Waals surface area contributed by atoms with E-state index in [1.807, 2.05) is 79.3 Å². The number of nitrogens with zero attached hydrogens (tertiary/aromatic N) is 6. The first-order valence-corrected chi connectivity index (χ1v) is 18.6. The molecule has 0 saturated carbocycles. The predicted molar refractivity (Wildman–Crippen MR) is 213 cm³/mol. The van der Waals surface area contributed by atoms with Gasteiger partial charge in [0.1, 0.15) is 23.8 Å². The van der Waals surface area contributed by atoms with Crippen LogP contribution in [0.15, 0.2) is 110 Å². The van der Waals surface area contributed by atoms with E-state index in [1.165, 1.54) is 0 Å². The molecule has 6 amide bonds. The number of phenols is 1. The third kappa shape index (κ3) is 7.77. The lowest BCUT2D eigenvalue weighted by Crippen LogP contribution is -2.76. The Balaban J connectivity index is 1.23. The molecule has 7 rings (SSSR count). The fourth-order valence-corrected chi connectivity index (χ4v) is 7.62. The molecule has 2 aliphatic rings. The van der Waals surface area contributed by atoms with Gasteiger partial charge in [0.25, 0.3) is 0 Å². The van der Waals surface area contributed by atoms with Crippen LogP contribution in [-0.2, 0) is 36.1 Å². The van der Waals surface area contributed by atoms with E-state index in [2.05, 4.69) is 27.5 Å². The number of hydrogen-bond donors (Lipinski definition) is 4. The van der Waals surface area contributed by atoms with E-state index in [-0.39, 0.29) is 62.7 Å². The molecule has 2 aliphatic heterocycles. The Hall–Kier alpha value is -6.67. The van der Waals surface area contributed by atoms with Gasteiger partial charge in [0.2, 0.25) is 11.8 Å². The highest BCUT2D eigenvalue weighted by atomic mass is 16.3. The minimum Gasteiger partial charge on any atom is -0.508 e. The quantitative estimate of drug-likeness (QED) is 0.141. The van der Waals surface area contributed by atoms with E-state index < -0.39 is 18.2 Å². The van der Waals surface area contributed by atoms with Crippen molar-refractivity contribution in [2.45, 2.75) is 38.6 Å². The zero-order valence-corrected chi connectivity index (χ0v) is 31.4. The molecule has 0 spiro atoms. The van der Waals surface area contributed by atoms with Crippen LogP contribution in [-0.4, -0.2) is 96.7 Å². The number of anilines is 1. The van der Waals surface area contributed by atoms with Gasteiger partial charge in [-0.3, -0.25) is 14.9 Å². The molecular formula is C42H45N9O5. The number of nitrogens with one attached hydrogen (secondary N) is 3. The number of carbonyl (C=O) groups excluding carboxylic acids is 4. The summed E-state index contributed by atoms with van der Waals surface area (Å²) in [5.74, 6) is 0.0123. The molecule has 5 aromatic rings. The van der Waals surface area contributed by atoms with Crippen molar-refractivity contribution in [3.8, 4) is 16.9 Å². The average Bonchev–Trinajstić information content (AvgIpc) is 3.54. The number of amides is 6. The third-order valence-corrected chi connectivity index (χ3v) is 10.1. The molecule has 56 heavy (non-hydrogen) atoms. The van der Waals surface area contributed by atoms with Crippen molar-refractivity contribution >= 4 is 40.6 Å². The average molecular weight is 756 g/mol. The Bertz CT molecular complexity index is 2240. The molecule has 0 unspecified atom stereocenters. The lowest BCUT2D eigenvalue weighted by atomic mass is 9.98. The maximum atomic E-state index is 14.7. The first kappa shape index (κ1) is 37.6. The van der Waals surface area contributed by atoms with E-state index in [9.17, 15) is 24.3 Å². The second-order valence-electron chi connectivity index (χ2n) is 13.9. The van der Waals surface area contributed by atoms with Gasteiger partial charge < -0.3 is 30.1 Å². The van der Waals surface area contributed by atoms with Gasteiger partial charge in [0, 0.05) is 68.6 Å². The molecule has 14 nitrogen and oxygen atoms in total. The molecule has 0 aliphatic carbocycles. The summed E-state index contributed by atoms with van der Waals surface area (Å²) in [6.07, 6.45) is 4.76. The second-order valence-corrected chi connectivity index (χ2v) is 13.9. The number of benzene rings is 3. The molecular weight excluding hydrogens is 711 g/mol. The smallest absolute Gasteiger partial charge is 0.334 e. The minimum absolute atomic E-state index is 0.0701. The summed E-state index contributed by atoms with van der Waals surface area (Å²) in [5, 5.41) is 22.6. The normalized spacial score (nSPS) is 17.1. The van der Waals surface area contributed by atoms with Gasteiger partial charge in [-0.15, -0.1) is 6.58 Å². The summed E-state index contributed by atoms with van der Waals surface area (Å²) in [4.78, 5) is 62.6. The topological polar surface area (TPSA) is 155 Å². The lowest BCUT2D eigenvalue weighted by Gasteiger charge is -2.55. The van der Waals surface area contributed by atoms with Gasteiger partial charge in [-0.2, -0.15) is 0 Å². The number of rotatable bonds is 11. The molecule has 0 radical (unpaired) electrons. The highest BCUT2D eigenvalue weighted by molar-refractivity contribution is 5.98. The highest BCUT2D eigenvalue weighted by Crippen LogP contribution is 2.35. The maximum absolute atomic E-state index is 14.7. The number of aromatic nitrogens is 2. The van der Waals surface area contributed by atoms with Crippen molar-refractivity contribution in [2.24, 2.45) is 7.05 Å². The standard InChI is InChI=1S/C42H45N9O5/c1-4-20-49-27-38(53)50-35(21-28-14-17-32(52)18-15-28)40(54)48(26-37(50)51(49)42(56)45-22-29-10-7-6-8-11-29)24-31-12-9-13-33-34(25-47(3)39(31)33)30-16-19-36(44-23-30)46-41(55)43-5-2/h4,6-19,23,25,35,37,52H,1,5,20-22,24,26-27H2,2-3H3,(H,45,56)(H2,43,44,46,55)/t35-,37-/m0/s1. The fraction of sp³-hybridized carbons (Fsp3) is 0.262. The summed E-state index contributed by atoms with van der Waals surface area (Å²) in [6.45, 7) is 6.92. The summed E-state index contributed by atoms with van der Waals surface area (Å²) >= 11 is 0. The fourth-order valence-electron chi connectivity index (χ4n) is 7.62. The lowest BCUT2D eigenvalue weighted by molar-refractivity contribution is -0.189. The first-order chi connectivity index (χ1) is 27.1. The van der Waals surface area contributed by atoms with Crippen molar-refractivity contribution in [2.75, 3.05) is 31.5 Å². The summed E-state index contributed by atoms with van der Waals surface area (Å²) in [5.41, 5.74) is 5.27. The number of piperazine rings is 1. The number of hydrazine groups is 1. The van der Waals surface area contributed by atoms with Crippen LogP contribution in [0.3, 0.4) is 0 Å². The maximum Gasteiger partial charge on any atom is 0.334 e. The summed E-state index contributed by atoms with van der Waals surface area (Å²) in [6, 6.07) is 24.1. The van der Waals surface area contributed by atoms with Crippen LogP contribution >= 0.6 is 0 Å². The molecule has 4 N–H and O–H groups in total. The van der Waals surface area contributed by atoms with Crippen LogP contribution in [0.5, 0.6) is 5.75 Å². The number of fused-ring (bicyclic) bond motifs is 2. The molecule has 2 atom stereocenters. The van der Waals surface area contributed by atoms with Crippen molar-refractivity contribution in [1.82, 2.24) is 40.0 Å². The molecule has 2 fully saturated rings. The van der Waals surface area contributed by atoms with Crippen molar-refractivity contribution < 1.29 is 24.3 Å². The summed E-state index contributed by atoms with van der Waals surface area (Å²) < 4.78 is 2.02. The molecule has 14 heteroatoms. The Morgan fingerprint density at radius 2 is 1.75 bits per heavy atom. The zero-order chi connectivity index (χ0) is 39.3. The van der Waals surface area contributed by atoms with Gasteiger partial charge >= 0.3 is 12.1 Å². The van der Waals surface area contributed by atoms with Crippen molar-refractivity contribution in [3.05, 3.63) is 127 Å². The minimum atomic E-state index is -0.915. The molecule has 2 aromatic heterocycles. The Labute approximate surface area is 325 Å². The van der Waals surface area contributed by atoms with Gasteiger partial charge in [-0.1, -0.05) is 66.7 Å². The van der Waals surface area contributed by atoms with Crippen LogP contribution in [0.25, 0.3) is 22.0 Å². The van der Waals surface area contributed by atoms with Crippen LogP contribution in [0.4, 0.5) is 15.4 Å². The molecule has 4 heterocycles. The van der Waals surface area contributed by atoms with Crippen molar-refractivity contribution in [3.63, 3.8) is 0 Å². The number of aromatic hydroxyl groups is 1. The van der Waals surface area contributed by atoms with Gasteiger partial charge in [0.05, 0.1) is 18.6 Å². The second kappa shape index (κ2) is 16.4. The van der Waals surface area contributed by atoms with Gasteiger partial charge in [0.15, 0.2) is 0 Å². The first-order valence-electron chi connectivity index (χ1n) is 18.6. The molecule has 0 bridgehead atoms. The van der Waals surface area contributed by atoms with E-state index in [0.717, 1.165) is 38.7 Å². The van der Waals surface area contributed by atoms with Crippen molar-refractivity contribution in [1.29, 1.82) is 0 Å². The largest absolute Gasteiger partial charge is 0.508 e. The van der Waals surface area contributed by atoms with Crippen LogP contribution in [0.2, 0.25) is 0 Å². The van der Waals surface area contributed by atoms with Gasteiger partial charge in [-0.05, 0) is 47.9 Å². The van der Waals surface area contributed by atoms with Gasteiger partial charge in [-0.25, -0.2) is 24.6 Å². The number of urea groups is 2. The zero-order valence-electron chi connectivity index (χ0n) is 31.4.